The lowest BCUT2D eigenvalue weighted by Crippen LogP contribution is -2.23. The van der Waals surface area contributed by atoms with Gasteiger partial charge in [0.1, 0.15) is 0 Å². The van der Waals surface area contributed by atoms with Crippen molar-refractivity contribution < 1.29 is 4.74 Å². The van der Waals surface area contributed by atoms with E-state index in [2.05, 4.69) is 21.2 Å². The molecule has 90 valence electrons. The average molecular weight is 307 g/mol. The molecule has 0 saturated carbocycles. The van der Waals surface area contributed by atoms with Crippen LogP contribution in [0, 0.1) is 0 Å². The summed E-state index contributed by atoms with van der Waals surface area (Å²) in [6.07, 6.45) is 0. The molecular formula is C12H17BrClNO. The summed E-state index contributed by atoms with van der Waals surface area (Å²) in [6.45, 7) is 7.54. The summed E-state index contributed by atoms with van der Waals surface area (Å²) in [6, 6.07) is 5.77. The number of rotatable bonds is 4. The summed E-state index contributed by atoms with van der Waals surface area (Å²) in [7, 11) is 0. The second-order valence-corrected chi connectivity index (χ2v) is 5.83. The van der Waals surface area contributed by atoms with Gasteiger partial charge in [0, 0.05) is 11.0 Å². The third kappa shape index (κ3) is 5.19. The first kappa shape index (κ1) is 13.8. The van der Waals surface area contributed by atoms with Crippen molar-refractivity contribution in [2.45, 2.75) is 26.4 Å². The first-order valence-electron chi connectivity index (χ1n) is 5.21. The van der Waals surface area contributed by atoms with Crippen molar-refractivity contribution in [1.82, 2.24) is 0 Å². The van der Waals surface area contributed by atoms with E-state index in [-0.39, 0.29) is 5.60 Å². The van der Waals surface area contributed by atoms with E-state index in [0.717, 1.165) is 16.7 Å². The molecule has 1 N–H and O–H groups in total. The van der Waals surface area contributed by atoms with Gasteiger partial charge in [0.25, 0.3) is 0 Å². The largest absolute Gasteiger partial charge is 0.382 e. The molecule has 0 radical (unpaired) electrons. The number of hydrogen-bond acceptors (Lipinski definition) is 2. The van der Waals surface area contributed by atoms with Crippen LogP contribution in [0.25, 0.3) is 0 Å². The molecule has 1 aromatic rings. The third-order valence-electron chi connectivity index (χ3n) is 1.88. The van der Waals surface area contributed by atoms with Gasteiger partial charge in [-0.2, -0.15) is 0 Å². The molecule has 0 atom stereocenters. The van der Waals surface area contributed by atoms with Crippen LogP contribution in [-0.2, 0) is 4.74 Å². The van der Waals surface area contributed by atoms with Crippen LogP contribution >= 0.6 is 27.5 Å². The van der Waals surface area contributed by atoms with Crippen molar-refractivity contribution >= 4 is 33.2 Å². The van der Waals surface area contributed by atoms with Gasteiger partial charge in [0.05, 0.1) is 22.9 Å². The molecule has 0 bridgehead atoms. The summed E-state index contributed by atoms with van der Waals surface area (Å²) in [5.41, 5.74) is 0.841. The maximum atomic E-state index is 6.07. The van der Waals surface area contributed by atoms with Crippen LogP contribution in [0.1, 0.15) is 20.8 Å². The minimum Gasteiger partial charge on any atom is -0.382 e. The molecular weight excluding hydrogens is 289 g/mol. The van der Waals surface area contributed by atoms with Crippen molar-refractivity contribution in [2.75, 3.05) is 18.5 Å². The van der Waals surface area contributed by atoms with E-state index in [4.69, 9.17) is 16.3 Å². The Balaban J connectivity index is 2.38. The summed E-state index contributed by atoms with van der Waals surface area (Å²) < 4.78 is 6.58. The Morgan fingerprint density at radius 2 is 2.06 bits per heavy atom. The smallest absolute Gasteiger partial charge is 0.0648 e. The van der Waals surface area contributed by atoms with Crippen molar-refractivity contribution in [3.63, 3.8) is 0 Å². The Morgan fingerprint density at radius 3 is 2.62 bits per heavy atom. The molecule has 16 heavy (non-hydrogen) atoms. The number of halogens is 2. The van der Waals surface area contributed by atoms with Crippen LogP contribution in [0.15, 0.2) is 22.7 Å². The predicted molar refractivity (Wildman–Crippen MR) is 73.3 cm³/mol. The molecule has 1 rings (SSSR count). The zero-order valence-electron chi connectivity index (χ0n) is 9.81. The van der Waals surface area contributed by atoms with Crippen molar-refractivity contribution in [1.29, 1.82) is 0 Å². The number of anilines is 1. The zero-order chi connectivity index (χ0) is 12.2. The normalized spacial score (nSPS) is 11.6. The van der Waals surface area contributed by atoms with Crippen molar-refractivity contribution in [2.24, 2.45) is 0 Å². The summed E-state index contributed by atoms with van der Waals surface area (Å²) >= 11 is 9.43. The Kier molecular flexibility index (Phi) is 5.09. The van der Waals surface area contributed by atoms with Gasteiger partial charge in [-0.05, 0) is 39.0 Å². The monoisotopic (exact) mass is 305 g/mol. The van der Waals surface area contributed by atoms with Crippen LogP contribution in [-0.4, -0.2) is 18.8 Å². The fourth-order valence-electron chi connectivity index (χ4n) is 1.18. The van der Waals surface area contributed by atoms with E-state index in [1.54, 1.807) is 0 Å². The lowest BCUT2D eigenvalue weighted by molar-refractivity contribution is 0.00334. The summed E-state index contributed by atoms with van der Waals surface area (Å²) in [5, 5.41) is 3.95. The molecule has 0 saturated heterocycles. The third-order valence-corrected chi connectivity index (χ3v) is 2.69. The topological polar surface area (TPSA) is 21.3 Å². The van der Waals surface area contributed by atoms with Gasteiger partial charge >= 0.3 is 0 Å². The lowest BCUT2D eigenvalue weighted by Gasteiger charge is -2.20. The Bertz CT molecular complexity index is 349. The lowest BCUT2D eigenvalue weighted by atomic mass is 10.2. The number of ether oxygens (including phenoxy) is 1. The molecule has 2 nitrogen and oxygen atoms in total. The Hall–Kier alpha value is -0.250. The predicted octanol–water partition coefficient (Wildman–Crippen LogP) is 4.33. The van der Waals surface area contributed by atoms with Crippen LogP contribution in [0.3, 0.4) is 0 Å². The van der Waals surface area contributed by atoms with Crippen molar-refractivity contribution in [3.05, 3.63) is 27.7 Å². The first-order valence-corrected chi connectivity index (χ1v) is 6.38. The zero-order valence-corrected chi connectivity index (χ0v) is 12.2. The molecule has 0 aliphatic carbocycles. The first-order chi connectivity index (χ1) is 7.38. The molecule has 0 aliphatic rings. The summed E-state index contributed by atoms with van der Waals surface area (Å²) in [5.74, 6) is 0. The highest BCUT2D eigenvalue weighted by atomic mass is 79.9. The number of nitrogens with one attached hydrogen (secondary N) is 1. The molecule has 0 fully saturated rings. The van der Waals surface area contributed by atoms with Crippen LogP contribution < -0.4 is 5.32 Å². The molecule has 1 aromatic carbocycles. The second kappa shape index (κ2) is 5.89. The highest BCUT2D eigenvalue weighted by molar-refractivity contribution is 9.10. The quantitative estimate of drug-likeness (QED) is 0.836. The number of hydrogen-bond donors (Lipinski definition) is 1. The second-order valence-electron chi connectivity index (χ2n) is 4.51. The van der Waals surface area contributed by atoms with E-state index in [1.807, 2.05) is 39.0 Å². The van der Waals surface area contributed by atoms with Gasteiger partial charge in [-0.3, -0.25) is 0 Å². The molecule has 0 heterocycles. The van der Waals surface area contributed by atoms with E-state index >= 15 is 0 Å². The van der Waals surface area contributed by atoms with Crippen LogP contribution in [0.4, 0.5) is 5.69 Å². The van der Waals surface area contributed by atoms with Gasteiger partial charge in [-0.1, -0.05) is 27.5 Å². The van der Waals surface area contributed by atoms with E-state index < -0.39 is 0 Å². The average Bonchev–Trinajstić information content (AvgIpc) is 2.13. The van der Waals surface area contributed by atoms with Crippen molar-refractivity contribution in [3.8, 4) is 0 Å². The highest BCUT2D eigenvalue weighted by Crippen LogP contribution is 2.25. The molecule has 0 spiro atoms. The molecule has 0 unspecified atom stereocenters. The van der Waals surface area contributed by atoms with Gasteiger partial charge in [-0.25, -0.2) is 0 Å². The maximum absolute atomic E-state index is 6.07. The minimum absolute atomic E-state index is 0.0921. The molecule has 0 amide bonds. The SMILES string of the molecule is CC(C)(C)OCCNc1ccc(Br)cc1Cl. The van der Waals surface area contributed by atoms with Gasteiger partial charge in [0.2, 0.25) is 0 Å². The van der Waals surface area contributed by atoms with Gasteiger partial charge in [0.15, 0.2) is 0 Å². The fraction of sp³-hybridized carbons (Fsp3) is 0.500. The van der Waals surface area contributed by atoms with Gasteiger partial charge < -0.3 is 10.1 Å². The minimum atomic E-state index is -0.0921. The maximum Gasteiger partial charge on any atom is 0.0648 e. The standard InChI is InChI=1S/C12H17BrClNO/c1-12(2,3)16-7-6-15-11-5-4-9(13)8-10(11)14/h4-5,8,15H,6-7H2,1-3H3. The van der Waals surface area contributed by atoms with Crippen LogP contribution in [0.2, 0.25) is 5.02 Å². The molecule has 0 aromatic heterocycles. The number of benzene rings is 1. The highest BCUT2D eigenvalue weighted by Gasteiger charge is 2.09. The van der Waals surface area contributed by atoms with E-state index in [1.165, 1.54) is 0 Å². The molecule has 0 aliphatic heterocycles. The van der Waals surface area contributed by atoms with E-state index in [0.29, 0.717) is 11.6 Å². The molecule has 4 heteroatoms. The fourth-order valence-corrected chi connectivity index (χ4v) is 1.92. The Labute approximate surface area is 110 Å². The Morgan fingerprint density at radius 1 is 1.38 bits per heavy atom. The van der Waals surface area contributed by atoms with E-state index in [9.17, 15) is 0 Å². The van der Waals surface area contributed by atoms with Crippen LogP contribution in [0.5, 0.6) is 0 Å². The van der Waals surface area contributed by atoms with Gasteiger partial charge in [-0.15, -0.1) is 0 Å². The summed E-state index contributed by atoms with van der Waals surface area (Å²) in [4.78, 5) is 0.